The van der Waals surface area contributed by atoms with E-state index in [4.69, 9.17) is 5.73 Å². The maximum absolute atomic E-state index is 12.8. The van der Waals surface area contributed by atoms with Gasteiger partial charge in [0, 0.05) is 25.6 Å². The van der Waals surface area contributed by atoms with Crippen molar-refractivity contribution in [3.8, 4) is 0 Å². The van der Waals surface area contributed by atoms with Crippen molar-refractivity contribution < 1.29 is 4.79 Å². The second-order valence-corrected chi connectivity index (χ2v) is 7.19. The lowest BCUT2D eigenvalue weighted by Crippen LogP contribution is -2.46. The van der Waals surface area contributed by atoms with Crippen molar-refractivity contribution in [1.29, 1.82) is 0 Å². The van der Waals surface area contributed by atoms with E-state index in [1.165, 1.54) is 11.1 Å². The van der Waals surface area contributed by atoms with Crippen LogP contribution in [0.2, 0.25) is 0 Å². The molecule has 3 rings (SSSR count). The van der Waals surface area contributed by atoms with Crippen LogP contribution in [0.25, 0.3) is 0 Å². The second-order valence-electron chi connectivity index (χ2n) is 7.19. The predicted octanol–water partition coefficient (Wildman–Crippen LogP) is 3.43. The number of hydrogen-bond donors (Lipinski definition) is 1. The van der Waals surface area contributed by atoms with Crippen molar-refractivity contribution in [1.82, 2.24) is 4.90 Å². The minimum Gasteiger partial charge on any atom is -0.341 e. The number of piperidine rings is 1. The molecule has 0 spiro atoms. The zero-order valence-corrected chi connectivity index (χ0v) is 14.8. The Morgan fingerprint density at radius 1 is 1.00 bits per heavy atom. The van der Waals surface area contributed by atoms with Gasteiger partial charge < -0.3 is 10.6 Å². The number of carbonyl (C=O) groups excluding carboxylic acids is 1. The standard InChI is InChI=1S/C22H28N2O/c23-21-12-7-13-24(17-21)22(25)16-20(14-18-8-3-1-4-9-18)15-19-10-5-2-6-11-19/h1-6,8-11,20-21H,7,12-17,23H2. The van der Waals surface area contributed by atoms with Gasteiger partial charge in [-0.3, -0.25) is 4.79 Å². The molecule has 0 bridgehead atoms. The van der Waals surface area contributed by atoms with E-state index in [2.05, 4.69) is 48.5 Å². The summed E-state index contributed by atoms with van der Waals surface area (Å²) in [5.41, 5.74) is 8.64. The van der Waals surface area contributed by atoms with Crippen LogP contribution in [-0.4, -0.2) is 29.9 Å². The van der Waals surface area contributed by atoms with Crippen LogP contribution in [0.3, 0.4) is 0 Å². The minimum absolute atomic E-state index is 0.138. The zero-order chi connectivity index (χ0) is 17.5. The van der Waals surface area contributed by atoms with E-state index in [-0.39, 0.29) is 11.9 Å². The van der Waals surface area contributed by atoms with E-state index >= 15 is 0 Å². The first-order valence-electron chi connectivity index (χ1n) is 9.32. The van der Waals surface area contributed by atoms with Gasteiger partial charge in [0.1, 0.15) is 0 Å². The van der Waals surface area contributed by atoms with Gasteiger partial charge in [-0.05, 0) is 42.7 Å². The van der Waals surface area contributed by atoms with Crippen molar-refractivity contribution in [2.75, 3.05) is 13.1 Å². The highest BCUT2D eigenvalue weighted by atomic mass is 16.2. The number of hydrogen-bond acceptors (Lipinski definition) is 2. The third-order valence-corrected chi connectivity index (χ3v) is 5.01. The first-order valence-corrected chi connectivity index (χ1v) is 9.32. The summed E-state index contributed by atoms with van der Waals surface area (Å²) < 4.78 is 0. The molecule has 0 aromatic heterocycles. The molecule has 1 saturated heterocycles. The first-order chi connectivity index (χ1) is 12.2. The first kappa shape index (κ1) is 17.7. The maximum atomic E-state index is 12.8. The van der Waals surface area contributed by atoms with E-state index < -0.39 is 0 Å². The SMILES string of the molecule is NC1CCCN(C(=O)CC(Cc2ccccc2)Cc2ccccc2)C1. The fourth-order valence-corrected chi connectivity index (χ4v) is 3.72. The molecule has 1 fully saturated rings. The predicted molar refractivity (Wildman–Crippen MR) is 102 cm³/mol. The molecule has 132 valence electrons. The third kappa shape index (κ3) is 5.43. The van der Waals surface area contributed by atoms with Crippen LogP contribution in [-0.2, 0) is 17.6 Å². The highest BCUT2D eigenvalue weighted by Gasteiger charge is 2.24. The Morgan fingerprint density at radius 2 is 1.56 bits per heavy atom. The molecular formula is C22H28N2O. The van der Waals surface area contributed by atoms with Crippen LogP contribution in [0.5, 0.6) is 0 Å². The summed E-state index contributed by atoms with van der Waals surface area (Å²) in [7, 11) is 0. The fourth-order valence-electron chi connectivity index (χ4n) is 3.72. The van der Waals surface area contributed by atoms with E-state index in [0.717, 1.165) is 32.2 Å². The number of benzene rings is 2. The van der Waals surface area contributed by atoms with Gasteiger partial charge in [-0.1, -0.05) is 60.7 Å². The number of nitrogens with two attached hydrogens (primary N) is 1. The van der Waals surface area contributed by atoms with Crippen molar-refractivity contribution in [2.45, 2.75) is 38.1 Å². The lowest BCUT2D eigenvalue weighted by atomic mass is 9.89. The Hall–Kier alpha value is -2.13. The molecule has 0 saturated carbocycles. The van der Waals surface area contributed by atoms with E-state index in [0.29, 0.717) is 18.9 Å². The second kappa shape index (κ2) is 8.82. The van der Waals surface area contributed by atoms with Crippen molar-refractivity contribution in [3.05, 3.63) is 71.8 Å². The summed E-state index contributed by atoms with van der Waals surface area (Å²) >= 11 is 0. The third-order valence-electron chi connectivity index (χ3n) is 5.01. The molecule has 0 radical (unpaired) electrons. The Labute approximate surface area is 150 Å². The zero-order valence-electron chi connectivity index (χ0n) is 14.8. The van der Waals surface area contributed by atoms with Gasteiger partial charge in [0.15, 0.2) is 0 Å². The van der Waals surface area contributed by atoms with Crippen LogP contribution in [0, 0.1) is 5.92 Å². The molecule has 1 aliphatic heterocycles. The quantitative estimate of drug-likeness (QED) is 0.878. The van der Waals surface area contributed by atoms with E-state index in [1.54, 1.807) is 0 Å². The molecule has 3 heteroatoms. The highest BCUT2D eigenvalue weighted by Crippen LogP contribution is 2.20. The molecule has 1 atom stereocenters. The molecule has 2 N–H and O–H groups in total. The molecule has 1 aliphatic rings. The van der Waals surface area contributed by atoms with Gasteiger partial charge in [0.25, 0.3) is 0 Å². The van der Waals surface area contributed by atoms with E-state index in [9.17, 15) is 4.79 Å². The normalized spacial score (nSPS) is 17.7. The van der Waals surface area contributed by atoms with Crippen molar-refractivity contribution in [2.24, 2.45) is 11.7 Å². The lowest BCUT2D eigenvalue weighted by Gasteiger charge is -2.32. The number of rotatable bonds is 6. The monoisotopic (exact) mass is 336 g/mol. The molecule has 1 heterocycles. The van der Waals surface area contributed by atoms with E-state index in [1.807, 2.05) is 17.0 Å². The van der Waals surface area contributed by atoms with Crippen LogP contribution in [0.15, 0.2) is 60.7 Å². The topological polar surface area (TPSA) is 46.3 Å². The van der Waals surface area contributed by atoms with Gasteiger partial charge in [0.2, 0.25) is 5.91 Å². The van der Waals surface area contributed by atoms with Crippen LogP contribution in [0.4, 0.5) is 0 Å². The van der Waals surface area contributed by atoms with Crippen LogP contribution >= 0.6 is 0 Å². The van der Waals surface area contributed by atoms with Gasteiger partial charge in [-0.25, -0.2) is 0 Å². The summed E-state index contributed by atoms with van der Waals surface area (Å²) in [5, 5.41) is 0. The minimum atomic E-state index is 0.138. The molecule has 1 amide bonds. The molecular weight excluding hydrogens is 308 g/mol. The number of amides is 1. The summed E-state index contributed by atoms with van der Waals surface area (Å²) in [6.45, 7) is 1.57. The molecule has 2 aromatic rings. The van der Waals surface area contributed by atoms with Gasteiger partial charge in [-0.2, -0.15) is 0 Å². The average molecular weight is 336 g/mol. The Kier molecular flexibility index (Phi) is 6.24. The Balaban J connectivity index is 1.67. The molecule has 3 nitrogen and oxygen atoms in total. The fraction of sp³-hybridized carbons (Fsp3) is 0.409. The van der Waals surface area contributed by atoms with Gasteiger partial charge in [-0.15, -0.1) is 0 Å². The summed E-state index contributed by atoms with van der Waals surface area (Å²) in [5.74, 6) is 0.572. The summed E-state index contributed by atoms with van der Waals surface area (Å²) in [6, 6.07) is 21.1. The van der Waals surface area contributed by atoms with Crippen LogP contribution < -0.4 is 5.73 Å². The summed E-state index contributed by atoms with van der Waals surface area (Å²) in [4.78, 5) is 14.8. The highest BCUT2D eigenvalue weighted by molar-refractivity contribution is 5.76. The van der Waals surface area contributed by atoms with Crippen LogP contribution in [0.1, 0.15) is 30.4 Å². The maximum Gasteiger partial charge on any atom is 0.222 e. The number of nitrogens with zero attached hydrogens (tertiary/aromatic N) is 1. The van der Waals surface area contributed by atoms with Gasteiger partial charge >= 0.3 is 0 Å². The molecule has 2 aromatic carbocycles. The smallest absolute Gasteiger partial charge is 0.222 e. The Bertz CT molecular complexity index is 615. The number of carbonyl (C=O) groups is 1. The van der Waals surface area contributed by atoms with Gasteiger partial charge in [0.05, 0.1) is 0 Å². The largest absolute Gasteiger partial charge is 0.341 e. The molecule has 25 heavy (non-hydrogen) atoms. The number of likely N-dealkylation sites (tertiary alicyclic amines) is 1. The molecule has 0 aliphatic carbocycles. The molecule has 1 unspecified atom stereocenters. The average Bonchev–Trinajstić information content (AvgIpc) is 2.63. The van der Waals surface area contributed by atoms with Crippen molar-refractivity contribution in [3.63, 3.8) is 0 Å². The Morgan fingerprint density at radius 3 is 2.08 bits per heavy atom. The lowest BCUT2D eigenvalue weighted by molar-refractivity contribution is -0.133. The summed E-state index contributed by atoms with van der Waals surface area (Å²) in [6.07, 6.45) is 4.51. The van der Waals surface area contributed by atoms with Crippen molar-refractivity contribution >= 4 is 5.91 Å².